The number of ether oxygens (including phenoxy) is 1. The largest absolute Gasteiger partial charge is 0.461 e. The lowest BCUT2D eigenvalue weighted by molar-refractivity contribution is -0.384. The second-order valence-corrected chi connectivity index (χ2v) is 6.64. The highest BCUT2D eigenvalue weighted by Crippen LogP contribution is 2.14. The summed E-state index contributed by atoms with van der Waals surface area (Å²) in [7, 11) is 0. The molecule has 0 amide bonds. The molecule has 0 aliphatic heterocycles. The summed E-state index contributed by atoms with van der Waals surface area (Å²) in [6.07, 6.45) is 0.243. The number of ketones is 1. The molecule has 30 heavy (non-hydrogen) atoms. The van der Waals surface area contributed by atoms with Crippen LogP contribution in [0, 0.1) is 10.1 Å². The van der Waals surface area contributed by atoms with Gasteiger partial charge in [-0.05, 0) is 49.5 Å². The average Bonchev–Trinajstić information content (AvgIpc) is 2.77. The number of nitro groups is 1. The van der Waals surface area contributed by atoms with Gasteiger partial charge >= 0.3 is 5.97 Å². The zero-order valence-electron chi connectivity index (χ0n) is 17.3. The molecule has 160 valence electrons. The highest BCUT2D eigenvalue weighted by atomic mass is 16.6. The maximum Gasteiger partial charge on any atom is 0.338 e. The Morgan fingerprint density at radius 2 is 1.60 bits per heavy atom. The van der Waals surface area contributed by atoms with Gasteiger partial charge in [0.05, 0.1) is 10.5 Å². The molecule has 0 aliphatic carbocycles. The Morgan fingerprint density at radius 3 is 2.17 bits per heavy atom. The van der Waals surface area contributed by atoms with Crippen LogP contribution in [0.5, 0.6) is 0 Å². The minimum absolute atomic E-state index is 0.0451. The third kappa shape index (κ3) is 6.97. The van der Waals surface area contributed by atoms with Crippen LogP contribution in [0.1, 0.15) is 41.0 Å². The third-order valence-electron chi connectivity index (χ3n) is 4.74. The topological polar surface area (TPSA) is 102 Å². The van der Waals surface area contributed by atoms with Gasteiger partial charge in [-0.15, -0.1) is 0 Å². The quantitative estimate of drug-likeness (QED) is 0.244. The number of likely N-dealkylation sites (N-methyl/N-ethyl adjacent to an activating group) is 1. The van der Waals surface area contributed by atoms with Crippen LogP contribution in [0.15, 0.2) is 48.5 Å². The summed E-state index contributed by atoms with van der Waals surface area (Å²) in [6, 6.07) is 12.4. The van der Waals surface area contributed by atoms with Crippen molar-refractivity contribution in [3.8, 4) is 0 Å². The van der Waals surface area contributed by atoms with E-state index >= 15 is 0 Å². The van der Waals surface area contributed by atoms with Crippen molar-refractivity contribution in [2.45, 2.75) is 20.3 Å². The van der Waals surface area contributed by atoms with E-state index in [1.165, 1.54) is 24.3 Å². The van der Waals surface area contributed by atoms with E-state index in [9.17, 15) is 19.7 Å². The number of nitrogens with one attached hydrogen (secondary N) is 1. The number of hydrogen-bond acceptors (Lipinski definition) is 7. The number of carbonyl (C=O) groups is 2. The first-order valence-corrected chi connectivity index (χ1v) is 9.95. The summed E-state index contributed by atoms with van der Waals surface area (Å²) in [6.45, 7) is 7.44. The summed E-state index contributed by atoms with van der Waals surface area (Å²) in [5.41, 5.74) is 1.65. The molecule has 0 saturated heterocycles. The zero-order chi connectivity index (χ0) is 21.9. The lowest BCUT2D eigenvalue weighted by Crippen LogP contribution is -2.27. The summed E-state index contributed by atoms with van der Waals surface area (Å²) >= 11 is 0. The van der Waals surface area contributed by atoms with Gasteiger partial charge in [0.1, 0.15) is 6.61 Å². The third-order valence-corrected chi connectivity index (χ3v) is 4.74. The SMILES string of the molecule is CCN(CC)CCOC(=O)c1ccc(NCCC(=O)c2ccc([N+](=O)[O-])cc2)cc1. The number of carbonyl (C=O) groups excluding carboxylic acids is 2. The molecule has 0 unspecified atom stereocenters. The van der Waals surface area contributed by atoms with Crippen LogP contribution < -0.4 is 5.32 Å². The van der Waals surface area contributed by atoms with Gasteiger partial charge in [0.25, 0.3) is 5.69 Å². The molecule has 2 rings (SSSR count). The van der Waals surface area contributed by atoms with Gasteiger partial charge in [-0.2, -0.15) is 0 Å². The molecule has 1 N–H and O–H groups in total. The second-order valence-electron chi connectivity index (χ2n) is 6.64. The molecule has 0 aromatic heterocycles. The Morgan fingerprint density at radius 1 is 1.00 bits per heavy atom. The molecular weight excluding hydrogens is 386 g/mol. The smallest absolute Gasteiger partial charge is 0.338 e. The average molecular weight is 413 g/mol. The van der Waals surface area contributed by atoms with E-state index < -0.39 is 4.92 Å². The number of esters is 1. The molecule has 0 fully saturated rings. The first-order chi connectivity index (χ1) is 14.4. The predicted octanol–water partition coefficient (Wildman–Crippen LogP) is 3.78. The summed E-state index contributed by atoms with van der Waals surface area (Å²) < 4.78 is 5.30. The molecule has 0 aliphatic rings. The predicted molar refractivity (Wildman–Crippen MR) is 115 cm³/mol. The van der Waals surface area contributed by atoms with E-state index in [0.29, 0.717) is 30.8 Å². The van der Waals surface area contributed by atoms with Crippen LogP contribution in [0.25, 0.3) is 0 Å². The molecule has 2 aromatic carbocycles. The standard InChI is InChI=1S/C22H27N3O5/c1-3-24(4-2)15-16-30-22(27)18-5-9-19(10-6-18)23-14-13-21(26)17-7-11-20(12-8-17)25(28)29/h5-12,23H,3-4,13-16H2,1-2H3. The Labute approximate surface area is 176 Å². The number of nitrogens with zero attached hydrogens (tertiary/aromatic N) is 2. The van der Waals surface area contributed by atoms with E-state index in [2.05, 4.69) is 24.1 Å². The number of Topliss-reactive ketones (excluding diaryl/α,β-unsaturated/α-hetero) is 1. The number of non-ortho nitro benzene ring substituents is 1. The number of benzene rings is 2. The molecule has 2 aromatic rings. The first-order valence-electron chi connectivity index (χ1n) is 9.95. The fraction of sp³-hybridized carbons (Fsp3) is 0.364. The van der Waals surface area contributed by atoms with Crippen molar-refractivity contribution < 1.29 is 19.2 Å². The van der Waals surface area contributed by atoms with Crippen LogP contribution >= 0.6 is 0 Å². The first kappa shape index (κ1) is 23.0. The minimum Gasteiger partial charge on any atom is -0.461 e. The van der Waals surface area contributed by atoms with E-state index in [4.69, 9.17) is 4.74 Å². The van der Waals surface area contributed by atoms with Gasteiger partial charge in [0.2, 0.25) is 0 Å². The molecule has 8 heteroatoms. The van der Waals surface area contributed by atoms with Crippen molar-refractivity contribution in [3.63, 3.8) is 0 Å². The van der Waals surface area contributed by atoms with Crippen LogP contribution in [-0.4, -0.2) is 54.4 Å². The van der Waals surface area contributed by atoms with Gasteiger partial charge in [0.15, 0.2) is 5.78 Å². The second kappa shape index (κ2) is 11.7. The van der Waals surface area contributed by atoms with E-state index in [1.807, 2.05) is 0 Å². The Kier molecular flexibility index (Phi) is 8.96. The molecule has 0 spiro atoms. The van der Waals surface area contributed by atoms with Gasteiger partial charge in [-0.1, -0.05) is 13.8 Å². The Bertz CT molecular complexity index is 846. The summed E-state index contributed by atoms with van der Waals surface area (Å²) in [5, 5.41) is 13.8. The summed E-state index contributed by atoms with van der Waals surface area (Å²) in [5.74, 6) is -0.465. The van der Waals surface area contributed by atoms with Gasteiger partial charge in [-0.3, -0.25) is 14.9 Å². The fourth-order valence-electron chi connectivity index (χ4n) is 2.85. The summed E-state index contributed by atoms with van der Waals surface area (Å²) in [4.78, 5) is 36.6. The highest BCUT2D eigenvalue weighted by molar-refractivity contribution is 5.96. The van der Waals surface area contributed by atoms with Crippen LogP contribution in [0.4, 0.5) is 11.4 Å². The number of nitro benzene ring substituents is 1. The van der Waals surface area contributed by atoms with Crippen molar-refractivity contribution in [2.75, 3.05) is 38.1 Å². The van der Waals surface area contributed by atoms with Crippen LogP contribution in [0.3, 0.4) is 0 Å². The van der Waals surface area contributed by atoms with Crippen molar-refractivity contribution in [1.29, 1.82) is 0 Å². The van der Waals surface area contributed by atoms with E-state index in [-0.39, 0.29) is 23.9 Å². The minimum atomic E-state index is -0.500. The molecular formula is C22H27N3O5. The molecule has 0 saturated carbocycles. The lowest BCUT2D eigenvalue weighted by atomic mass is 10.1. The van der Waals surface area contributed by atoms with Crippen molar-refractivity contribution in [3.05, 3.63) is 69.8 Å². The van der Waals surface area contributed by atoms with Gasteiger partial charge in [-0.25, -0.2) is 4.79 Å². The molecule has 0 bridgehead atoms. The Balaban J connectivity index is 1.76. The number of hydrogen-bond donors (Lipinski definition) is 1. The van der Waals surface area contributed by atoms with E-state index in [1.54, 1.807) is 24.3 Å². The number of anilines is 1. The van der Waals surface area contributed by atoms with Crippen molar-refractivity contribution in [2.24, 2.45) is 0 Å². The molecule has 0 atom stereocenters. The highest BCUT2D eigenvalue weighted by Gasteiger charge is 2.10. The monoisotopic (exact) mass is 413 g/mol. The van der Waals surface area contributed by atoms with Crippen molar-refractivity contribution >= 4 is 23.1 Å². The molecule has 8 nitrogen and oxygen atoms in total. The van der Waals surface area contributed by atoms with Gasteiger partial charge in [0, 0.05) is 42.9 Å². The van der Waals surface area contributed by atoms with Crippen LogP contribution in [-0.2, 0) is 4.74 Å². The maximum absolute atomic E-state index is 12.2. The molecule has 0 heterocycles. The van der Waals surface area contributed by atoms with Gasteiger partial charge < -0.3 is 15.0 Å². The maximum atomic E-state index is 12.2. The van der Waals surface area contributed by atoms with Crippen molar-refractivity contribution in [1.82, 2.24) is 4.90 Å². The Hall–Kier alpha value is -3.26. The normalized spacial score (nSPS) is 10.6. The lowest BCUT2D eigenvalue weighted by Gasteiger charge is -2.17. The fourth-order valence-corrected chi connectivity index (χ4v) is 2.85. The van der Waals surface area contributed by atoms with Crippen LogP contribution in [0.2, 0.25) is 0 Å². The number of rotatable bonds is 12. The van der Waals surface area contributed by atoms with E-state index in [0.717, 1.165) is 18.8 Å². The molecule has 0 radical (unpaired) electrons. The zero-order valence-corrected chi connectivity index (χ0v) is 17.3.